The summed E-state index contributed by atoms with van der Waals surface area (Å²) >= 11 is 0. The maximum absolute atomic E-state index is 5.21. The fourth-order valence-electron chi connectivity index (χ4n) is 0.394. The van der Waals surface area contributed by atoms with Crippen LogP contribution < -0.4 is 5.73 Å². The molecule has 2 N–H and O–H groups in total. The molecule has 0 unspecified atom stereocenters. The first kappa shape index (κ1) is 6.02. The van der Waals surface area contributed by atoms with Crippen LogP contribution in [0, 0.1) is 0 Å². The highest BCUT2D eigenvalue weighted by atomic mass is 14.5. The van der Waals surface area contributed by atoms with Crippen LogP contribution >= 0.6 is 0 Å². The summed E-state index contributed by atoms with van der Waals surface area (Å²) in [6.07, 6.45) is 3.75. The van der Waals surface area contributed by atoms with Crippen LogP contribution in [0.1, 0.15) is 12.8 Å². The van der Waals surface area contributed by atoms with Crippen molar-refractivity contribution in [2.75, 3.05) is 6.54 Å². The maximum atomic E-state index is 5.21. The van der Waals surface area contributed by atoms with Gasteiger partial charge in [-0.3, -0.25) is 0 Å². The van der Waals surface area contributed by atoms with Crippen molar-refractivity contribution in [3.63, 3.8) is 0 Å². The van der Waals surface area contributed by atoms with Crippen molar-refractivity contribution in [3.8, 4) is 0 Å². The Morgan fingerprint density at radius 2 is 2.00 bits per heavy atom. The molecule has 0 saturated heterocycles. The highest BCUT2D eigenvalue weighted by Crippen LogP contribution is 1.86. The molecule has 6 heavy (non-hydrogen) atoms. The Kier molecular flexibility index (Phi) is 5.05. The third-order valence-corrected chi connectivity index (χ3v) is 0.808. The van der Waals surface area contributed by atoms with E-state index >= 15 is 0 Å². The molecule has 0 spiro atoms. The molecular weight excluding hydrogens is 72.9 g/mol. The summed E-state index contributed by atoms with van der Waals surface area (Å²) in [4.78, 5) is 0. The smallest absolute Gasteiger partial charge is 0.101 e. The van der Waals surface area contributed by atoms with Crippen molar-refractivity contribution < 1.29 is 0 Å². The molecule has 0 aliphatic carbocycles. The highest BCUT2D eigenvalue weighted by molar-refractivity contribution is 6.08. The quantitative estimate of drug-likeness (QED) is 0.372. The van der Waals surface area contributed by atoms with Crippen molar-refractivity contribution in [1.82, 2.24) is 0 Å². The van der Waals surface area contributed by atoms with E-state index in [1.807, 2.05) is 0 Å². The SMILES string of the molecule is BCCCCN. The van der Waals surface area contributed by atoms with Crippen LogP contribution in [0.25, 0.3) is 0 Å². The van der Waals surface area contributed by atoms with E-state index in [1.165, 1.54) is 19.2 Å². The fourth-order valence-corrected chi connectivity index (χ4v) is 0.394. The van der Waals surface area contributed by atoms with E-state index in [1.54, 1.807) is 0 Å². The third-order valence-electron chi connectivity index (χ3n) is 0.808. The van der Waals surface area contributed by atoms with Crippen LogP contribution in [0.15, 0.2) is 0 Å². The molecular formula is C4H12BN. The van der Waals surface area contributed by atoms with E-state index in [2.05, 4.69) is 7.85 Å². The van der Waals surface area contributed by atoms with Gasteiger partial charge in [-0.05, 0) is 13.0 Å². The van der Waals surface area contributed by atoms with Gasteiger partial charge in [0.2, 0.25) is 0 Å². The molecule has 0 aromatic heterocycles. The Morgan fingerprint density at radius 1 is 1.33 bits per heavy atom. The third kappa shape index (κ3) is 4.02. The first-order chi connectivity index (χ1) is 2.91. The predicted molar refractivity (Wildman–Crippen MR) is 31.6 cm³/mol. The van der Waals surface area contributed by atoms with Crippen molar-refractivity contribution in [1.29, 1.82) is 0 Å². The molecule has 0 fully saturated rings. The molecule has 0 aliphatic heterocycles. The lowest BCUT2D eigenvalue weighted by Crippen LogP contribution is -1.96. The molecule has 0 rings (SSSR count). The number of hydrogen-bond acceptors (Lipinski definition) is 1. The second-order valence-electron chi connectivity index (χ2n) is 1.50. The second kappa shape index (κ2) is 5.02. The first-order valence-electron chi connectivity index (χ1n) is 2.62. The van der Waals surface area contributed by atoms with E-state index in [0.29, 0.717) is 0 Å². The molecule has 0 atom stereocenters. The first-order valence-corrected chi connectivity index (χ1v) is 2.62. The molecule has 0 bridgehead atoms. The van der Waals surface area contributed by atoms with Gasteiger partial charge in [0, 0.05) is 0 Å². The Morgan fingerprint density at radius 3 is 2.17 bits per heavy atom. The van der Waals surface area contributed by atoms with Gasteiger partial charge < -0.3 is 5.73 Å². The normalized spacial score (nSPS) is 8.83. The van der Waals surface area contributed by atoms with E-state index in [-0.39, 0.29) is 0 Å². The maximum Gasteiger partial charge on any atom is 0.101 e. The second-order valence-corrected chi connectivity index (χ2v) is 1.50. The van der Waals surface area contributed by atoms with Gasteiger partial charge in [0.15, 0.2) is 0 Å². The minimum absolute atomic E-state index is 0.855. The van der Waals surface area contributed by atoms with Gasteiger partial charge in [0.1, 0.15) is 7.85 Å². The van der Waals surface area contributed by atoms with Crippen LogP contribution in [-0.2, 0) is 0 Å². The van der Waals surface area contributed by atoms with Gasteiger partial charge in [-0.15, -0.1) is 0 Å². The van der Waals surface area contributed by atoms with Gasteiger partial charge in [-0.2, -0.15) is 0 Å². The summed E-state index contributed by atoms with van der Waals surface area (Å²) in [5.74, 6) is 0. The van der Waals surface area contributed by atoms with E-state index in [4.69, 9.17) is 5.73 Å². The Labute approximate surface area is 40.3 Å². The fraction of sp³-hybridized carbons (Fsp3) is 1.00. The van der Waals surface area contributed by atoms with Crippen LogP contribution in [0.4, 0.5) is 0 Å². The average molecular weight is 85.0 g/mol. The molecule has 0 heterocycles. The summed E-state index contributed by atoms with van der Waals surface area (Å²) < 4.78 is 0. The van der Waals surface area contributed by atoms with Gasteiger partial charge >= 0.3 is 0 Å². The van der Waals surface area contributed by atoms with Crippen LogP contribution in [0.5, 0.6) is 0 Å². The summed E-state index contributed by atoms with van der Waals surface area (Å²) in [6.45, 7) is 0.855. The van der Waals surface area contributed by atoms with E-state index < -0.39 is 0 Å². The largest absolute Gasteiger partial charge is 0.330 e. The number of hydrogen-bond donors (Lipinski definition) is 1. The standard InChI is InChI=1S/C4H12BN/c5-3-1-2-4-6/h1-6H2. The zero-order chi connectivity index (χ0) is 4.83. The minimum atomic E-state index is 0.855. The Bertz CT molecular complexity index is 19.5. The molecule has 2 heteroatoms. The van der Waals surface area contributed by atoms with Gasteiger partial charge in [-0.25, -0.2) is 0 Å². The molecule has 0 aliphatic rings. The van der Waals surface area contributed by atoms with E-state index in [0.717, 1.165) is 6.54 Å². The highest BCUT2D eigenvalue weighted by Gasteiger charge is 1.75. The monoisotopic (exact) mass is 85.1 g/mol. The number of nitrogens with two attached hydrogens (primary N) is 1. The molecule has 0 aromatic carbocycles. The van der Waals surface area contributed by atoms with Crippen molar-refractivity contribution in [3.05, 3.63) is 0 Å². The van der Waals surface area contributed by atoms with Gasteiger partial charge in [-0.1, -0.05) is 12.7 Å². The van der Waals surface area contributed by atoms with Crippen molar-refractivity contribution in [2.45, 2.75) is 19.2 Å². The zero-order valence-electron chi connectivity index (χ0n) is 4.41. The molecule has 36 valence electrons. The molecule has 0 saturated carbocycles. The summed E-state index contributed by atoms with van der Waals surface area (Å²) in [7, 11) is 2.18. The van der Waals surface area contributed by atoms with Gasteiger partial charge in [0.05, 0.1) is 0 Å². The summed E-state index contributed by atoms with van der Waals surface area (Å²) in [5.41, 5.74) is 5.21. The molecule has 0 aromatic rings. The number of rotatable bonds is 3. The van der Waals surface area contributed by atoms with E-state index in [9.17, 15) is 0 Å². The summed E-state index contributed by atoms with van der Waals surface area (Å²) in [5, 5.41) is 0. The van der Waals surface area contributed by atoms with Crippen molar-refractivity contribution in [2.24, 2.45) is 5.73 Å². The number of unbranched alkanes of at least 4 members (excludes halogenated alkanes) is 1. The van der Waals surface area contributed by atoms with Crippen LogP contribution in [0.3, 0.4) is 0 Å². The topological polar surface area (TPSA) is 26.0 Å². The molecule has 1 nitrogen and oxygen atoms in total. The average Bonchev–Trinajstić information content (AvgIpc) is 1.61. The molecule has 0 radical (unpaired) electrons. The summed E-state index contributed by atoms with van der Waals surface area (Å²) in [6, 6.07) is 0. The lowest BCUT2D eigenvalue weighted by molar-refractivity contribution is 0.806. The van der Waals surface area contributed by atoms with Crippen molar-refractivity contribution >= 4 is 7.85 Å². The molecule has 0 amide bonds. The van der Waals surface area contributed by atoms with Gasteiger partial charge in [0.25, 0.3) is 0 Å². The lowest BCUT2D eigenvalue weighted by atomic mass is 10.0. The Balaban J connectivity index is 2.34. The minimum Gasteiger partial charge on any atom is -0.330 e. The Hall–Kier alpha value is 0.0249. The zero-order valence-corrected chi connectivity index (χ0v) is 4.41. The predicted octanol–water partition coefficient (Wildman–Crippen LogP) is -0.223. The van der Waals surface area contributed by atoms with Crippen LogP contribution in [0.2, 0.25) is 6.32 Å². The van der Waals surface area contributed by atoms with Crippen LogP contribution in [-0.4, -0.2) is 14.4 Å². The lowest BCUT2D eigenvalue weighted by Gasteiger charge is -1.86.